The van der Waals surface area contributed by atoms with Crippen LogP contribution in [-0.2, 0) is 23.3 Å². The third kappa shape index (κ3) is 4.95. The Labute approximate surface area is 184 Å². The van der Waals surface area contributed by atoms with E-state index in [9.17, 15) is 17.6 Å². The first-order chi connectivity index (χ1) is 15.3. The number of aromatic nitrogens is 1. The van der Waals surface area contributed by atoms with Crippen LogP contribution in [0.4, 0.5) is 14.9 Å². The SMILES string of the molecule is CNS(=O)(=O)Nc1cccc(CN2Cc3ccc(Oc4ncccc4F)cc3OC2=O)c1. The summed E-state index contributed by atoms with van der Waals surface area (Å²) < 4.78 is 52.5. The monoisotopic (exact) mass is 458 g/mol. The Morgan fingerprint density at radius 3 is 2.81 bits per heavy atom. The van der Waals surface area contributed by atoms with E-state index in [0.717, 1.165) is 5.56 Å². The standard InChI is InChI=1S/C21H19FN4O5S/c1-23-32(28,29)25-16-5-2-4-14(10-16)12-26-13-15-7-8-17(11-19(15)31-21(26)27)30-20-18(22)6-3-9-24-20/h2-11,23,25H,12-13H2,1H3. The van der Waals surface area contributed by atoms with Gasteiger partial charge in [0.1, 0.15) is 11.5 Å². The number of halogens is 1. The van der Waals surface area contributed by atoms with Crippen LogP contribution in [0.25, 0.3) is 0 Å². The predicted molar refractivity (Wildman–Crippen MR) is 114 cm³/mol. The first-order valence-electron chi connectivity index (χ1n) is 9.51. The minimum Gasteiger partial charge on any atom is -0.436 e. The first kappa shape index (κ1) is 21.5. The van der Waals surface area contributed by atoms with Crippen LogP contribution in [0, 0.1) is 5.82 Å². The van der Waals surface area contributed by atoms with E-state index in [0.29, 0.717) is 17.0 Å². The summed E-state index contributed by atoms with van der Waals surface area (Å²) in [4.78, 5) is 17.8. The fourth-order valence-electron chi connectivity index (χ4n) is 3.09. The van der Waals surface area contributed by atoms with Gasteiger partial charge in [-0.15, -0.1) is 0 Å². The summed E-state index contributed by atoms with van der Waals surface area (Å²) >= 11 is 0. The Morgan fingerprint density at radius 2 is 2.03 bits per heavy atom. The molecule has 0 aliphatic carbocycles. The van der Waals surface area contributed by atoms with E-state index < -0.39 is 22.1 Å². The largest absolute Gasteiger partial charge is 0.436 e. The Balaban J connectivity index is 1.47. The zero-order valence-corrected chi connectivity index (χ0v) is 17.7. The molecule has 0 fully saturated rings. The van der Waals surface area contributed by atoms with Gasteiger partial charge in [0.05, 0.1) is 12.2 Å². The predicted octanol–water partition coefficient (Wildman–Crippen LogP) is 3.40. The third-order valence-electron chi connectivity index (χ3n) is 4.62. The van der Waals surface area contributed by atoms with E-state index in [4.69, 9.17) is 9.47 Å². The fourth-order valence-corrected chi connectivity index (χ4v) is 3.63. The van der Waals surface area contributed by atoms with Crippen molar-refractivity contribution in [1.29, 1.82) is 0 Å². The van der Waals surface area contributed by atoms with Crippen LogP contribution in [0.5, 0.6) is 17.4 Å². The molecule has 4 rings (SSSR count). The molecule has 2 N–H and O–H groups in total. The van der Waals surface area contributed by atoms with Gasteiger partial charge in [0, 0.05) is 31.4 Å². The van der Waals surface area contributed by atoms with Crippen molar-refractivity contribution in [2.45, 2.75) is 13.1 Å². The molecule has 11 heteroatoms. The molecule has 2 heterocycles. The van der Waals surface area contributed by atoms with Gasteiger partial charge >= 0.3 is 6.09 Å². The normalized spacial score (nSPS) is 13.3. The zero-order chi connectivity index (χ0) is 22.7. The van der Waals surface area contributed by atoms with Crippen molar-refractivity contribution in [1.82, 2.24) is 14.6 Å². The summed E-state index contributed by atoms with van der Waals surface area (Å²) in [5.41, 5.74) is 1.82. The van der Waals surface area contributed by atoms with Crippen LogP contribution in [0.2, 0.25) is 0 Å². The zero-order valence-electron chi connectivity index (χ0n) is 16.9. The van der Waals surface area contributed by atoms with Crippen molar-refractivity contribution in [2.75, 3.05) is 11.8 Å². The average molecular weight is 458 g/mol. The quantitative estimate of drug-likeness (QED) is 0.562. The van der Waals surface area contributed by atoms with Gasteiger partial charge in [0.25, 0.3) is 16.1 Å². The molecule has 0 spiro atoms. The summed E-state index contributed by atoms with van der Waals surface area (Å²) in [5, 5.41) is 0. The number of carbonyl (C=O) groups excluding carboxylic acids is 1. The Kier molecular flexibility index (Phi) is 5.93. The average Bonchev–Trinajstić information content (AvgIpc) is 2.76. The highest BCUT2D eigenvalue weighted by atomic mass is 32.2. The molecule has 0 atom stereocenters. The van der Waals surface area contributed by atoms with Crippen molar-refractivity contribution >= 4 is 22.0 Å². The van der Waals surface area contributed by atoms with Gasteiger partial charge in [0.15, 0.2) is 5.82 Å². The maximum Gasteiger partial charge on any atom is 0.415 e. The molecule has 1 aliphatic heterocycles. The molecule has 0 saturated heterocycles. The molecule has 9 nitrogen and oxygen atoms in total. The lowest BCUT2D eigenvalue weighted by Crippen LogP contribution is -2.36. The van der Waals surface area contributed by atoms with Crippen molar-refractivity contribution < 1.29 is 27.1 Å². The van der Waals surface area contributed by atoms with Crippen LogP contribution < -0.4 is 18.9 Å². The smallest absolute Gasteiger partial charge is 0.415 e. The van der Waals surface area contributed by atoms with Crippen molar-refractivity contribution in [3.05, 3.63) is 77.7 Å². The molecule has 32 heavy (non-hydrogen) atoms. The van der Waals surface area contributed by atoms with E-state index in [1.165, 1.54) is 36.3 Å². The summed E-state index contributed by atoms with van der Waals surface area (Å²) in [6.45, 7) is 0.490. The third-order valence-corrected chi connectivity index (χ3v) is 5.66. The molecule has 0 unspecified atom stereocenters. The molecule has 3 aromatic rings. The summed E-state index contributed by atoms with van der Waals surface area (Å²) in [6.07, 6.45) is 0.841. The molecule has 1 amide bonds. The number of rotatable bonds is 7. The van der Waals surface area contributed by atoms with Crippen LogP contribution in [-0.4, -0.2) is 31.4 Å². The Morgan fingerprint density at radius 1 is 1.19 bits per heavy atom. The van der Waals surface area contributed by atoms with Crippen molar-refractivity contribution in [2.24, 2.45) is 0 Å². The van der Waals surface area contributed by atoms with Gasteiger partial charge < -0.3 is 9.47 Å². The van der Waals surface area contributed by atoms with Gasteiger partial charge in [0.2, 0.25) is 0 Å². The maximum atomic E-state index is 13.8. The Bertz CT molecular complexity index is 1270. The lowest BCUT2D eigenvalue weighted by Gasteiger charge is -2.28. The number of fused-ring (bicyclic) bond motifs is 1. The second kappa shape index (κ2) is 8.81. The van der Waals surface area contributed by atoms with Gasteiger partial charge in [-0.3, -0.25) is 9.62 Å². The van der Waals surface area contributed by atoms with Gasteiger partial charge in [-0.2, -0.15) is 8.42 Å². The molecular weight excluding hydrogens is 439 g/mol. The topological polar surface area (TPSA) is 110 Å². The van der Waals surface area contributed by atoms with E-state index in [-0.39, 0.29) is 24.7 Å². The minimum atomic E-state index is -3.65. The Hall–Kier alpha value is -3.70. The fraction of sp³-hybridized carbons (Fsp3) is 0.143. The number of hydrogen-bond acceptors (Lipinski definition) is 6. The highest BCUT2D eigenvalue weighted by Crippen LogP contribution is 2.33. The van der Waals surface area contributed by atoms with Gasteiger partial charge in [-0.05, 0) is 42.0 Å². The molecule has 1 aromatic heterocycles. The van der Waals surface area contributed by atoms with Crippen molar-refractivity contribution in [3.8, 4) is 17.4 Å². The second-order valence-electron chi connectivity index (χ2n) is 6.90. The van der Waals surface area contributed by atoms with Crippen LogP contribution in [0.1, 0.15) is 11.1 Å². The number of benzene rings is 2. The van der Waals surface area contributed by atoms with E-state index in [1.54, 1.807) is 36.4 Å². The number of amides is 1. The summed E-state index contributed by atoms with van der Waals surface area (Å²) in [7, 11) is -2.35. The number of anilines is 1. The first-order valence-corrected chi connectivity index (χ1v) is 11.0. The number of pyridine rings is 1. The number of carbonyl (C=O) groups is 1. The molecular formula is C21H19FN4O5S. The molecule has 166 valence electrons. The van der Waals surface area contributed by atoms with E-state index >= 15 is 0 Å². The summed E-state index contributed by atoms with van der Waals surface area (Å²) in [6, 6.07) is 14.3. The lowest BCUT2D eigenvalue weighted by molar-refractivity contribution is 0.135. The van der Waals surface area contributed by atoms with Crippen LogP contribution >= 0.6 is 0 Å². The number of nitrogens with one attached hydrogen (secondary N) is 2. The van der Waals surface area contributed by atoms with Gasteiger partial charge in [-0.25, -0.2) is 18.9 Å². The minimum absolute atomic E-state index is 0.176. The molecule has 0 bridgehead atoms. The highest BCUT2D eigenvalue weighted by molar-refractivity contribution is 7.90. The van der Waals surface area contributed by atoms with Crippen LogP contribution in [0.15, 0.2) is 60.8 Å². The number of hydrogen-bond donors (Lipinski definition) is 2. The number of ether oxygens (including phenoxy) is 2. The van der Waals surface area contributed by atoms with Gasteiger partial charge in [-0.1, -0.05) is 12.1 Å². The number of nitrogens with zero attached hydrogens (tertiary/aromatic N) is 2. The summed E-state index contributed by atoms with van der Waals surface area (Å²) in [5.74, 6) is -0.180. The molecule has 2 aromatic carbocycles. The van der Waals surface area contributed by atoms with E-state index in [1.807, 2.05) is 0 Å². The molecule has 0 saturated carbocycles. The molecule has 1 aliphatic rings. The second-order valence-corrected chi connectivity index (χ2v) is 8.52. The van der Waals surface area contributed by atoms with Crippen molar-refractivity contribution in [3.63, 3.8) is 0 Å². The molecule has 0 radical (unpaired) electrons. The maximum absolute atomic E-state index is 13.8. The van der Waals surface area contributed by atoms with E-state index in [2.05, 4.69) is 14.4 Å². The highest BCUT2D eigenvalue weighted by Gasteiger charge is 2.26. The lowest BCUT2D eigenvalue weighted by atomic mass is 10.1. The van der Waals surface area contributed by atoms with Crippen LogP contribution in [0.3, 0.4) is 0 Å².